The molecule has 0 aliphatic heterocycles. The van der Waals surface area contributed by atoms with Crippen molar-refractivity contribution in [3.8, 4) is 0 Å². The van der Waals surface area contributed by atoms with Crippen molar-refractivity contribution in [2.45, 2.75) is 13.8 Å². The number of hydrogen-bond donors (Lipinski definition) is 0. The summed E-state index contributed by atoms with van der Waals surface area (Å²) in [7, 11) is 0. The fourth-order valence-corrected chi connectivity index (χ4v) is 3.39. The van der Waals surface area contributed by atoms with Crippen LogP contribution < -0.4 is 0 Å². The SMILES string of the molecule is Cc1cccc(C)c1C(=O)c1cccc2ccsc12. The van der Waals surface area contributed by atoms with Crippen LogP contribution in [0, 0.1) is 13.8 Å². The summed E-state index contributed by atoms with van der Waals surface area (Å²) in [4.78, 5) is 12.8. The molecule has 0 saturated carbocycles. The van der Waals surface area contributed by atoms with Gasteiger partial charge in [-0.15, -0.1) is 11.3 Å². The Morgan fingerprint density at radius 3 is 2.37 bits per heavy atom. The van der Waals surface area contributed by atoms with Crippen LogP contribution in [-0.4, -0.2) is 5.78 Å². The van der Waals surface area contributed by atoms with E-state index in [4.69, 9.17) is 0 Å². The number of fused-ring (bicyclic) bond motifs is 1. The van der Waals surface area contributed by atoms with E-state index < -0.39 is 0 Å². The highest BCUT2D eigenvalue weighted by Gasteiger charge is 2.16. The van der Waals surface area contributed by atoms with Gasteiger partial charge >= 0.3 is 0 Å². The lowest BCUT2D eigenvalue weighted by Gasteiger charge is -2.09. The molecule has 2 aromatic carbocycles. The Morgan fingerprint density at radius 1 is 0.947 bits per heavy atom. The van der Waals surface area contributed by atoms with E-state index in [2.05, 4.69) is 6.07 Å². The molecule has 0 saturated heterocycles. The summed E-state index contributed by atoms with van der Waals surface area (Å²) in [5, 5.41) is 3.17. The van der Waals surface area contributed by atoms with Gasteiger partial charge in [-0.05, 0) is 47.9 Å². The van der Waals surface area contributed by atoms with Gasteiger partial charge in [-0.2, -0.15) is 0 Å². The molecule has 0 aliphatic carbocycles. The fraction of sp³-hybridized carbons (Fsp3) is 0.118. The van der Waals surface area contributed by atoms with Crippen LogP contribution in [0.5, 0.6) is 0 Å². The monoisotopic (exact) mass is 266 g/mol. The zero-order valence-electron chi connectivity index (χ0n) is 10.9. The third kappa shape index (κ3) is 1.98. The van der Waals surface area contributed by atoms with E-state index in [1.807, 2.05) is 55.6 Å². The van der Waals surface area contributed by atoms with E-state index in [1.165, 1.54) is 0 Å². The topological polar surface area (TPSA) is 17.1 Å². The minimum Gasteiger partial charge on any atom is -0.289 e. The molecule has 0 radical (unpaired) electrons. The second-order valence-electron chi connectivity index (χ2n) is 4.74. The third-order valence-electron chi connectivity index (χ3n) is 3.43. The summed E-state index contributed by atoms with van der Waals surface area (Å²) in [5.74, 6) is 0.128. The van der Waals surface area contributed by atoms with Crippen molar-refractivity contribution in [3.05, 3.63) is 70.1 Å². The van der Waals surface area contributed by atoms with Crippen LogP contribution in [0.4, 0.5) is 0 Å². The maximum absolute atomic E-state index is 12.8. The molecule has 0 amide bonds. The first-order valence-corrected chi connectivity index (χ1v) is 7.13. The Labute approximate surface area is 116 Å². The van der Waals surface area contributed by atoms with Gasteiger partial charge in [0.15, 0.2) is 5.78 Å². The van der Waals surface area contributed by atoms with Crippen molar-refractivity contribution in [3.63, 3.8) is 0 Å². The maximum atomic E-state index is 12.8. The summed E-state index contributed by atoms with van der Waals surface area (Å²) in [6.07, 6.45) is 0. The van der Waals surface area contributed by atoms with E-state index in [-0.39, 0.29) is 5.78 Å². The number of hydrogen-bond acceptors (Lipinski definition) is 2. The average molecular weight is 266 g/mol. The third-order valence-corrected chi connectivity index (χ3v) is 4.40. The average Bonchev–Trinajstić information content (AvgIpc) is 2.86. The lowest BCUT2D eigenvalue weighted by Crippen LogP contribution is -2.06. The maximum Gasteiger partial charge on any atom is 0.194 e. The molecular formula is C17H14OS. The van der Waals surface area contributed by atoms with Crippen LogP contribution in [0.1, 0.15) is 27.0 Å². The van der Waals surface area contributed by atoms with Crippen molar-refractivity contribution in [1.82, 2.24) is 0 Å². The van der Waals surface area contributed by atoms with Gasteiger partial charge in [0, 0.05) is 15.8 Å². The Morgan fingerprint density at radius 2 is 1.63 bits per heavy atom. The quantitative estimate of drug-likeness (QED) is 0.612. The minimum atomic E-state index is 0.128. The number of rotatable bonds is 2. The number of aryl methyl sites for hydroxylation is 2. The number of thiophene rings is 1. The fourth-order valence-electron chi connectivity index (χ4n) is 2.48. The van der Waals surface area contributed by atoms with E-state index in [9.17, 15) is 4.79 Å². The van der Waals surface area contributed by atoms with Gasteiger partial charge in [0.25, 0.3) is 0 Å². The van der Waals surface area contributed by atoms with Gasteiger partial charge in [-0.25, -0.2) is 0 Å². The molecule has 0 aliphatic rings. The Kier molecular flexibility index (Phi) is 2.96. The highest BCUT2D eigenvalue weighted by Crippen LogP contribution is 2.28. The molecule has 2 heteroatoms. The van der Waals surface area contributed by atoms with Gasteiger partial charge in [0.1, 0.15) is 0 Å². The summed E-state index contributed by atoms with van der Waals surface area (Å²) >= 11 is 1.63. The molecule has 0 spiro atoms. The van der Waals surface area contributed by atoms with Crippen LogP contribution >= 0.6 is 11.3 Å². The lowest BCUT2D eigenvalue weighted by atomic mass is 9.94. The molecule has 0 atom stereocenters. The van der Waals surface area contributed by atoms with Crippen molar-refractivity contribution in [2.75, 3.05) is 0 Å². The first-order chi connectivity index (χ1) is 9.18. The molecule has 3 aromatic rings. The van der Waals surface area contributed by atoms with Crippen LogP contribution in [0.25, 0.3) is 10.1 Å². The smallest absolute Gasteiger partial charge is 0.194 e. The molecule has 3 rings (SSSR count). The zero-order valence-corrected chi connectivity index (χ0v) is 11.8. The second-order valence-corrected chi connectivity index (χ2v) is 5.66. The van der Waals surface area contributed by atoms with Gasteiger partial charge in [-0.1, -0.05) is 30.3 Å². The van der Waals surface area contributed by atoms with Gasteiger partial charge < -0.3 is 0 Å². The molecule has 19 heavy (non-hydrogen) atoms. The molecule has 94 valence electrons. The van der Waals surface area contributed by atoms with Crippen LogP contribution in [0.2, 0.25) is 0 Å². The lowest BCUT2D eigenvalue weighted by molar-refractivity contribution is 0.103. The van der Waals surface area contributed by atoms with Gasteiger partial charge in [-0.3, -0.25) is 4.79 Å². The first-order valence-electron chi connectivity index (χ1n) is 6.25. The van der Waals surface area contributed by atoms with Crippen molar-refractivity contribution >= 4 is 27.2 Å². The molecular weight excluding hydrogens is 252 g/mol. The molecule has 1 heterocycles. The summed E-state index contributed by atoms with van der Waals surface area (Å²) in [6.45, 7) is 3.99. The number of carbonyl (C=O) groups is 1. The van der Waals surface area contributed by atoms with Crippen LogP contribution in [0.3, 0.4) is 0 Å². The molecule has 0 unspecified atom stereocenters. The largest absolute Gasteiger partial charge is 0.289 e. The summed E-state index contributed by atoms with van der Waals surface area (Å²) in [5.41, 5.74) is 3.73. The highest BCUT2D eigenvalue weighted by atomic mass is 32.1. The normalized spacial score (nSPS) is 10.8. The predicted octanol–water partition coefficient (Wildman–Crippen LogP) is 4.75. The van der Waals surface area contributed by atoms with Crippen LogP contribution in [-0.2, 0) is 0 Å². The standard InChI is InChI=1S/C17H14OS/c1-11-5-3-6-12(2)15(11)16(18)14-8-4-7-13-9-10-19-17(13)14/h3-10H,1-2H3. The molecule has 0 bridgehead atoms. The second kappa shape index (κ2) is 4.63. The number of benzene rings is 2. The van der Waals surface area contributed by atoms with E-state index in [1.54, 1.807) is 11.3 Å². The molecule has 0 fully saturated rings. The Balaban J connectivity index is 2.22. The van der Waals surface area contributed by atoms with E-state index in [0.717, 1.165) is 32.3 Å². The highest BCUT2D eigenvalue weighted by molar-refractivity contribution is 7.17. The summed E-state index contributed by atoms with van der Waals surface area (Å²) in [6, 6.07) is 14.0. The first kappa shape index (κ1) is 12.1. The molecule has 0 N–H and O–H groups in total. The van der Waals surface area contributed by atoms with Gasteiger partial charge in [0.05, 0.1) is 0 Å². The number of ketones is 1. The Bertz CT molecular complexity index is 748. The van der Waals surface area contributed by atoms with E-state index in [0.29, 0.717) is 0 Å². The zero-order chi connectivity index (χ0) is 13.4. The minimum absolute atomic E-state index is 0.128. The van der Waals surface area contributed by atoms with Crippen molar-refractivity contribution in [1.29, 1.82) is 0 Å². The van der Waals surface area contributed by atoms with E-state index >= 15 is 0 Å². The predicted molar refractivity (Wildman–Crippen MR) is 81.2 cm³/mol. The summed E-state index contributed by atoms with van der Waals surface area (Å²) < 4.78 is 1.08. The molecule has 1 nitrogen and oxygen atoms in total. The van der Waals surface area contributed by atoms with Gasteiger partial charge in [0.2, 0.25) is 0 Å². The van der Waals surface area contributed by atoms with Crippen LogP contribution in [0.15, 0.2) is 47.8 Å². The Hall–Kier alpha value is -1.93. The number of carbonyl (C=O) groups excluding carboxylic acids is 1. The molecule has 1 aromatic heterocycles. The van der Waals surface area contributed by atoms with Crippen molar-refractivity contribution in [2.24, 2.45) is 0 Å². The van der Waals surface area contributed by atoms with Crippen molar-refractivity contribution < 1.29 is 4.79 Å².